The van der Waals surface area contributed by atoms with E-state index in [1.54, 1.807) is 35.6 Å². The molecule has 1 aliphatic rings. The summed E-state index contributed by atoms with van der Waals surface area (Å²) in [5, 5.41) is 24.4. The second kappa shape index (κ2) is 9.33. The Kier molecular flexibility index (Phi) is 5.95. The predicted octanol–water partition coefficient (Wildman–Crippen LogP) is 7.78. The highest BCUT2D eigenvalue weighted by atomic mass is 32.1. The van der Waals surface area contributed by atoms with Crippen LogP contribution in [0.15, 0.2) is 42.5 Å². The van der Waals surface area contributed by atoms with Crippen molar-refractivity contribution in [3.05, 3.63) is 74.4 Å². The number of benzene rings is 2. The molecular formula is C29H26N4O4S. The molecule has 9 heteroatoms. The first-order chi connectivity index (χ1) is 18.3. The summed E-state index contributed by atoms with van der Waals surface area (Å²) in [6, 6.07) is 12.3. The van der Waals surface area contributed by atoms with E-state index in [1.165, 1.54) is 6.42 Å². The van der Waals surface area contributed by atoms with Gasteiger partial charge in [0.05, 0.1) is 53.9 Å². The third-order valence-corrected chi connectivity index (χ3v) is 8.63. The van der Waals surface area contributed by atoms with Gasteiger partial charge in [-0.25, -0.2) is 14.8 Å². The van der Waals surface area contributed by atoms with Crippen molar-refractivity contribution < 1.29 is 14.8 Å². The van der Waals surface area contributed by atoms with Gasteiger partial charge in [0.15, 0.2) is 0 Å². The fourth-order valence-electron chi connectivity index (χ4n) is 5.86. The number of hydrogen-bond acceptors (Lipinski definition) is 6. The Bertz CT molecular complexity index is 1750. The van der Waals surface area contributed by atoms with Crippen molar-refractivity contribution in [3.63, 3.8) is 0 Å². The number of aromatic amines is 1. The Hall–Kier alpha value is -4.11. The lowest BCUT2D eigenvalue weighted by atomic mass is 9.81. The van der Waals surface area contributed by atoms with Crippen LogP contribution in [0.5, 0.6) is 0 Å². The van der Waals surface area contributed by atoms with Crippen molar-refractivity contribution in [2.75, 3.05) is 0 Å². The first-order valence-electron chi connectivity index (χ1n) is 12.7. The zero-order chi connectivity index (χ0) is 26.6. The lowest BCUT2D eigenvalue weighted by Gasteiger charge is -2.23. The number of carboxylic acid groups (broad SMARTS) is 1. The molecule has 1 fully saturated rings. The van der Waals surface area contributed by atoms with Gasteiger partial charge in [0.2, 0.25) is 0 Å². The molecule has 0 unspecified atom stereocenters. The van der Waals surface area contributed by atoms with Crippen molar-refractivity contribution >= 4 is 44.8 Å². The van der Waals surface area contributed by atoms with E-state index in [0.717, 1.165) is 57.9 Å². The summed E-state index contributed by atoms with van der Waals surface area (Å²) in [4.78, 5) is 37.5. The van der Waals surface area contributed by atoms with Gasteiger partial charge in [-0.2, -0.15) is 0 Å². The quantitative estimate of drug-likeness (QED) is 0.178. The minimum atomic E-state index is -1.01. The fraction of sp³-hybridized carbons (Fsp3) is 0.276. The minimum Gasteiger partial charge on any atom is -0.478 e. The SMILES string of the molecule is Cc1nc(C)c(-c2ccc3c([N+](=O)[O-])c(-c4[nH]c5cc(C(=O)O)ccc5c4C4CCCCC4)ccc3n2)s1. The standard InChI is InChI=1S/C29H26N4O4S/c1-15-28(38-16(2)30-15)23-13-10-20-22(31-23)12-11-21(27(20)33(36)37)26-25(17-6-4-3-5-7-17)19-9-8-18(29(34)35)14-24(19)32-26/h8-14,17,32H,3-7H2,1-2H3,(H,34,35). The molecule has 2 N–H and O–H groups in total. The maximum absolute atomic E-state index is 12.5. The van der Waals surface area contributed by atoms with E-state index in [0.29, 0.717) is 27.7 Å². The smallest absolute Gasteiger partial charge is 0.335 e. The summed E-state index contributed by atoms with van der Waals surface area (Å²) in [5.74, 6) is -0.760. The summed E-state index contributed by atoms with van der Waals surface area (Å²) < 4.78 is 0. The fourth-order valence-corrected chi connectivity index (χ4v) is 6.75. The Balaban J connectivity index is 1.58. The van der Waals surface area contributed by atoms with Crippen molar-refractivity contribution in [2.45, 2.75) is 51.9 Å². The van der Waals surface area contributed by atoms with Gasteiger partial charge in [0.1, 0.15) is 0 Å². The van der Waals surface area contributed by atoms with E-state index in [-0.39, 0.29) is 22.1 Å². The average Bonchev–Trinajstić information content (AvgIpc) is 3.46. The summed E-state index contributed by atoms with van der Waals surface area (Å²) in [7, 11) is 0. The lowest BCUT2D eigenvalue weighted by Crippen LogP contribution is -2.06. The second-order valence-electron chi connectivity index (χ2n) is 9.94. The molecule has 0 spiro atoms. The van der Waals surface area contributed by atoms with E-state index in [1.807, 2.05) is 32.0 Å². The van der Waals surface area contributed by atoms with Crippen molar-refractivity contribution in [2.24, 2.45) is 0 Å². The van der Waals surface area contributed by atoms with Crippen LogP contribution in [-0.2, 0) is 0 Å². The normalized spacial score (nSPS) is 14.4. The second-order valence-corrected chi connectivity index (χ2v) is 11.1. The van der Waals surface area contributed by atoms with Crippen LogP contribution in [0.1, 0.15) is 64.6 Å². The molecule has 5 aromatic rings. The van der Waals surface area contributed by atoms with Crippen LogP contribution in [0.4, 0.5) is 5.69 Å². The molecule has 192 valence electrons. The van der Waals surface area contributed by atoms with Gasteiger partial charge >= 0.3 is 5.97 Å². The van der Waals surface area contributed by atoms with E-state index < -0.39 is 5.97 Å². The number of aromatic nitrogens is 3. The van der Waals surface area contributed by atoms with Gasteiger partial charge in [0, 0.05) is 10.9 Å². The molecule has 0 aliphatic heterocycles. The monoisotopic (exact) mass is 526 g/mol. The summed E-state index contributed by atoms with van der Waals surface area (Å²) in [6.07, 6.45) is 5.39. The van der Waals surface area contributed by atoms with Crippen LogP contribution in [0.2, 0.25) is 0 Å². The number of nitrogens with one attached hydrogen (secondary N) is 1. The zero-order valence-corrected chi connectivity index (χ0v) is 21.9. The van der Waals surface area contributed by atoms with Crippen molar-refractivity contribution in [1.82, 2.24) is 15.0 Å². The number of aryl methyl sites for hydroxylation is 2. The molecule has 0 radical (unpaired) electrons. The number of rotatable bonds is 5. The lowest BCUT2D eigenvalue weighted by molar-refractivity contribution is -0.382. The number of nitro groups is 1. The van der Waals surface area contributed by atoms with Crippen LogP contribution >= 0.6 is 11.3 Å². The van der Waals surface area contributed by atoms with Gasteiger partial charge in [-0.3, -0.25) is 10.1 Å². The number of aromatic carboxylic acids is 1. The minimum absolute atomic E-state index is 0.000769. The molecule has 8 nitrogen and oxygen atoms in total. The number of hydrogen-bond donors (Lipinski definition) is 2. The number of nitrogens with zero attached hydrogens (tertiary/aromatic N) is 3. The molecule has 0 atom stereocenters. The highest BCUT2D eigenvalue weighted by Gasteiger charge is 2.29. The van der Waals surface area contributed by atoms with Crippen LogP contribution in [-0.4, -0.2) is 31.0 Å². The van der Waals surface area contributed by atoms with E-state index in [9.17, 15) is 20.0 Å². The Labute approximate surface area is 222 Å². The van der Waals surface area contributed by atoms with Crippen molar-refractivity contribution in [3.8, 4) is 21.8 Å². The molecule has 2 aromatic carbocycles. The topological polar surface area (TPSA) is 122 Å². The van der Waals surface area contributed by atoms with Crippen LogP contribution < -0.4 is 0 Å². The van der Waals surface area contributed by atoms with Crippen LogP contribution in [0.25, 0.3) is 43.6 Å². The third-order valence-electron chi connectivity index (χ3n) is 7.53. The van der Waals surface area contributed by atoms with Gasteiger partial charge in [-0.1, -0.05) is 25.3 Å². The van der Waals surface area contributed by atoms with Gasteiger partial charge < -0.3 is 10.1 Å². The molecule has 1 saturated carbocycles. The summed E-state index contributed by atoms with van der Waals surface area (Å²) in [5.41, 5.74) is 5.28. The van der Waals surface area contributed by atoms with E-state index >= 15 is 0 Å². The van der Waals surface area contributed by atoms with Crippen molar-refractivity contribution in [1.29, 1.82) is 0 Å². The summed E-state index contributed by atoms with van der Waals surface area (Å²) in [6.45, 7) is 3.89. The maximum Gasteiger partial charge on any atom is 0.335 e. The Morgan fingerprint density at radius 1 is 1.05 bits per heavy atom. The summed E-state index contributed by atoms with van der Waals surface area (Å²) >= 11 is 1.56. The molecule has 1 aliphatic carbocycles. The average molecular weight is 527 g/mol. The van der Waals surface area contributed by atoms with E-state index in [4.69, 9.17) is 4.98 Å². The van der Waals surface area contributed by atoms with Gasteiger partial charge in [0.25, 0.3) is 5.69 Å². The molecule has 3 heterocycles. The first-order valence-corrected chi connectivity index (χ1v) is 13.6. The van der Waals surface area contributed by atoms with Gasteiger partial charge in [-0.15, -0.1) is 11.3 Å². The van der Waals surface area contributed by atoms with E-state index in [2.05, 4.69) is 9.97 Å². The number of H-pyrrole nitrogens is 1. The Morgan fingerprint density at radius 2 is 1.82 bits per heavy atom. The molecule has 0 saturated heterocycles. The molecule has 6 rings (SSSR count). The zero-order valence-electron chi connectivity index (χ0n) is 21.1. The maximum atomic E-state index is 12.5. The number of pyridine rings is 1. The number of carbonyl (C=O) groups is 1. The molecule has 3 aromatic heterocycles. The van der Waals surface area contributed by atoms with Gasteiger partial charge in [-0.05, 0) is 74.6 Å². The predicted molar refractivity (Wildman–Crippen MR) is 149 cm³/mol. The highest BCUT2D eigenvalue weighted by Crippen LogP contribution is 2.46. The number of thiazole rings is 1. The molecule has 38 heavy (non-hydrogen) atoms. The largest absolute Gasteiger partial charge is 0.478 e. The Morgan fingerprint density at radius 3 is 2.50 bits per heavy atom. The number of nitro benzene ring substituents is 1. The third kappa shape index (κ3) is 4.03. The molecule has 0 amide bonds. The number of carboxylic acids is 1. The van der Waals surface area contributed by atoms with Crippen LogP contribution in [0, 0.1) is 24.0 Å². The molecule has 0 bridgehead atoms. The molecular weight excluding hydrogens is 500 g/mol. The van der Waals surface area contributed by atoms with Crippen LogP contribution in [0.3, 0.4) is 0 Å². The first kappa shape index (κ1) is 24.2. The number of fused-ring (bicyclic) bond motifs is 2. The highest BCUT2D eigenvalue weighted by molar-refractivity contribution is 7.15.